The molecular formula is C13H18ClNO3. The van der Waals surface area contributed by atoms with E-state index in [1.54, 1.807) is 6.07 Å². The van der Waals surface area contributed by atoms with Crippen molar-refractivity contribution in [2.45, 2.75) is 25.7 Å². The first kappa shape index (κ1) is 13.6. The molecule has 5 heteroatoms. The summed E-state index contributed by atoms with van der Waals surface area (Å²) < 4.78 is 5.60. The van der Waals surface area contributed by atoms with E-state index in [9.17, 15) is 5.11 Å². The second kappa shape index (κ2) is 5.89. The summed E-state index contributed by atoms with van der Waals surface area (Å²) in [5.74, 6) is 0. The minimum absolute atomic E-state index is 0.00713. The maximum atomic E-state index is 9.21. The largest absolute Gasteiger partial charge is 0.394 e. The molecule has 4 nitrogen and oxygen atoms in total. The van der Waals surface area contributed by atoms with Gasteiger partial charge < -0.3 is 19.8 Å². The molecule has 100 valence electrons. The van der Waals surface area contributed by atoms with Crippen molar-refractivity contribution in [1.82, 2.24) is 0 Å². The molecule has 2 rings (SSSR count). The van der Waals surface area contributed by atoms with E-state index in [0.29, 0.717) is 11.6 Å². The van der Waals surface area contributed by atoms with Crippen LogP contribution >= 0.6 is 11.6 Å². The van der Waals surface area contributed by atoms with E-state index in [4.69, 9.17) is 21.4 Å². The highest BCUT2D eigenvalue weighted by Gasteiger charge is 2.25. The van der Waals surface area contributed by atoms with E-state index < -0.39 is 0 Å². The summed E-state index contributed by atoms with van der Waals surface area (Å²) in [5.41, 5.74) is 1.71. The number of aliphatic hydroxyl groups excluding tert-OH is 2. The second-order valence-corrected chi connectivity index (χ2v) is 5.01. The third kappa shape index (κ3) is 2.95. The van der Waals surface area contributed by atoms with Gasteiger partial charge in [-0.15, -0.1) is 0 Å². The van der Waals surface area contributed by atoms with Gasteiger partial charge in [-0.25, -0.2) is 0 Å². The Hall–Kier alpha value is -0.810. The molecule has 0 saturated carbocycles. The molecule has 1 aliphatic heterocycles. The molecular weight excluding hydrogens is 254 g/mol. The molecule has 1 aromatic carbocycles. The number of aliphatic hydroxyl groups is 2. The monoisotopic (exact) mass is 271 g/mol. The molecule has 1 heterocycles. The summed E-state index contributed by atoms with van der Waals surface area (Å²) in [5, 5.41) is 18.9. The Morgan fingerprint density at radius 3 is 2.78 bits per heavy atom. The minimum atomic E-state index is -0.178. The molecule has 2 unspecified atom stereocenters. The molecule has 0 aromatic heterocycles. The summed E-state index contributed by atoms with van der Waals surface area (Å²) in [4.78, 5) is 2.11. The zero-order valence-electron chi connectivity index (χ0n) is 10.3. The predicted molar refractivity (Wildman–Crippen MR) is 71.0 cm³/mol. The van der Waals surface area contributed by atoms with Crippen LogP contribution in [0, 0.1) is 0 Å². The fraction of sp³-hybridized carbons (Fsp3) is 0.538. The van der Waals surface area contributed by atoms with E-state index in [1.165, 1.54) is 0 Å². The zero-order valence-corrected chi connectivity index (χ0v) is 11.1. The number of halogens is 1. The maximum absolute atomic E-state index is 9.21. The zero-order chi connectivity index (χ0) is 13.1. The van der Waals surface area contributed by atoms with Gasteiger partial charge in [-0.2, -0.15) is 0 Å². The van der Waals surface area contributed by atoms with Crippen LogP contribution in [0.2, 0.25) is 5.02 Å². The number of nitrogens with zero attached hydrogens (tertiary/aromatic N) is 1. The second-order valence-electron chi connectivity index (χ2n) is 4.60. The Morgan fingerprint density at radius 1 is 1.39 bits per heavy atom. The molecule has 2 N–H and O–H groups in total. The number of morpholine rings is 1. The molecule has 0 amide bonds. The van der Waals surface area contributed by atoms with Gasteiger partial charge in [0, 0.05) is 13.1 Å². The average molecular weight is 272 g/mol. The highest BCUT2D eigenvalue weighted by atomic mass is 35.5. The van der Waals surface area contributed by atoms with Crippen molar-refractivity contribution >= 4 is 17.3 Å². The van der Waals surface area contributed by atoms with Gasteiger partial charge in [0.2, 0.25) is 0 Å². The first-order chi connectivity index (χ1) is 8.63. The summed E-state index contributed by atoms with van der Waals surface area (Å²) in [7, 11) is 0. The molecule has 1 fully saturated rings. The molecule has 1 aromatic rings. The van der Waals surface area contributed by atoms with Gasteiger partial charge in [0.25, 0.3) is 0 Å². The highest BCUT2D eigenvalue weighted by Crippen LogP contribution is 2.29. The lowest BCUT2D eigenvalue weighted by Crippen LogP contribution is -2.48. The van der Waals surface area contributed by atoms with Crippen LogP contribution in [0.3, 0.4) is 0 Å². The van der Waals surface area contributed by atoms with Gasteiger partial charge in [-0.3, -0.25) is 0 Å². The van der Waals surface area contributed by atoms with E-state index in [1.807, 2.05) is 19.1 Å². The van der Waals surface area contributed by atoms with Crippen LogP contribution in [-0.4, -0.2) is 42.1 Å². The topological polar surface area (TPSA) is 52.9 Å². The van der Waals surface area contributed by atoms with Crippen molar-refractivity contribution in [2.24, 2.45) is 0 Å². The van der Waals surface area contributed by atoms with Crippen LogP contribution in [0.5, 0.6) is 0 Å². The van der Waals surface area contributed by atoms with E-state index >= 15 is 0 Å². The smallest absolute Gasteiger partial charge is 0.0984 e. The number of ether oxygens (including phenoxy) is 1. The lowest BCUT2D eigenvalue weighted by atomic mass is 10.1. The summed E-state index contributed by atoms with van der Waals surface area (Å²) >= 11 is 6.22. The lowest BCUT2D eigenvalue weighted by Gasteiger charge is -2.38. The fourth-order valence-corrected chi connectivity index (χ4v) is 2.57. The Morgan fingerprint density at radius 2 is 2.17 bits per heavy atom. The van der Waals surface area contributed by atoms with Crippen molar-refractivity contribution in [2.75, 3.05) is 24.6 Å². The number of hydrogen-bond donors (Lipinski definition) is 2. The Balaban J connectivity index is 2.19. The van der Waals surface area contributed by atoms with Crippen molar-refractivity contribution in [3.8, 4) is 0 Å². The molecule has 1 saturated heterocycles. The molecule has 2 atom stereocenters. The van der Waals surface area contributed by atoms with Crippen LogP contribution in [-0.2, 0) is 11.3 Å². The van der Waals surface area contributed by atoms with Crippen LogP contribution < -0.4 is 4.90 Å². The van der Waals surface area contributed by atoms with Crippen molar-refractivity contribution < 1.29 is 14.9 Å². The molecule has 0 spiro atoms. The molecule has 1 aliphatic rings. The summed E-state index contributed by atoms with van der Waals surface area (Å²) in [6, 6.07) is 5.53. The number of hydrogen-bond acceptors (Lipinski definition) is 4. The van der Waals surface area contributed by atoms with Crippen LogP contribution in [0.25, 0.3) is 0 Å². The molecule has 0 radical (unpaired) electrons. The third-order valence-electron chi connectivity index (χ3n) is 3.07. The predicted octanol–water partition coefficient (Wildman–Crippen LogP) is 1.42. The lowest BCUT2D eigenvalue weighted by molar-refractivity contribution is -0.0421. The first-order valence-corrected chi connectivity index (χ1v) is 6.42. The SMILES string of the molecule is CC1CN(c2ccc(CO)cc2Cl)CC(CO)O1. The van der Waals surface area contributed by atoms with E-state index in [2.05, 4.69) is 4.90 Å². The van der Waals surface area contributed by atoms with Crippen molar-refractivity contribution in [3.63, 3.8) is 0 Å². The average Bonchev–Trinajstić information content (AvgIpc) is 2.37. The van der Waals surface area contributed by atoms with E-state index in [0.717, 1.165) is 17.8 Å². The Bertz CT molecular complexity index is 413. The van der Waals surface area contributed by atoms with Crippen LogP contribution in [0.1, 0.15) is 12.5 Å². The van der Waals surface area contributed by atoms with Crippen molar-refractivity contribution in [1.29, 1.82) is 0 Å². The normalized spacial score (nSPS) is 24.3. The van der Waals surface area contributed by atoms with Crippen LogP contribution in [0.4, 0.5) is 5.69 Å². The Labute approximate surface area is 112 Å². The molecule has 0 aliphatic carbocycles. The van der Waals surface area contributed by atoms with Gasteiger partial charge >= 0.3 is 0 Å². The van der Waals surface area contributed by atoms with Gasteiger partial charge in [-0.1, -0.05) is 17.7 Å². The first-order valence-electron chi connectivity index (χ1n) is 6.04. The maximum Gasteiger partial charge on any atom is 0.0984 e. The standard InChI is InChI=1S/C13H18ClNO3/c1-9-5-15(6-11(8-17)18-9)13-3-2-10(7-16)4-12(13)14/h2-4,9,11,16-17H,5-8H2,1H3. The van der Waals surface area contributed by atoms with Gasteiger partial charge in [-0.05, 0) is 24.6 Å². The molecule has 0 bridgehead atoms. The van der Waals surface area contributed by atoms with Crippen LogP contribution in [0.15, 0.2) is 18.2 Å². The van der Waals surface area contributed by atoms with Gasteiger partial charge in [0.15, 0.2) is 0 Å². The van der Waals surface area contributed by atoms with Crippen molar-refractivity contribution in [3.05, 3.63) is 28.8 Å². The molecule has 18 heavy (non-hydrogen) atoms. The summed E-state index contributed by atoms with van der Waals surface area (Å²) in [6.07, 6.45) is -0.119. The number of benzene rings is 1. The quantitative estimate of drug-likeness (QED) is 0.873. The number of rotatable bonds is 3. The van der Waals surface area contributed by atoms with Gasteiger partial charge in [0.1, 0.15) is 0 Å². The van der Waals surface area contributed by atoms with E-state index in [-0.39, 0.29) is 25.4 Å². The Kier molecular flexibility index (Phi) is 4.45. The highest BCUT2D eigenvalue weighted by molar-refractivity contribution is 6.33. The minimum Gasteiger partial charge on any atom is -0.394 e. The van der Waals surface area contributed by atoms with Gasteiger partial charge in [0.05, 0.1) is 36.1 Å². The fourth-order valence-electron chi connectivity index (χ4n) is 2.25. The number of anilines is 1. The summed E-state index contributed by atoms with van der Waals surface area (Å²) in [6.45, 7) is 3.34. The third-order valence-corrected chi connectivity index (χ3v) is 3.37.